The van der Waals surface area contributed by atoms with Crippen LogP contribution in [-0.2, 0) is 9.84 Å². The molecule has 2 atom stereocenters. The average Bonchev–Trinajstić information content (AvgIpc) is 2.90. The highest BCUT2D eigenvalue weighted by Crippen LogP contribution is 2.38. The Labute approximate surface area is 249 Å². The maximum Gasteiger partial charge on any atom is 0.229 e. The minimum atomic E-state index is -3.53. The normalized spacial score (nSPS) is 18.0. The van der Waals surface area contributed by atoms with Crippen LogP contribution in [0.25, 0.3) is 5.57 Å². The molecule has 0 unspecified atom stereocenters. The van der Waals surface area contributed by atoms with Crippen molar-refractivity contribution in [2.45, 2.75) is 83.2 Å². The fourth-order valence-corrected chi connectivity index (χ4v) is 6.20. The first-order valence-corrected chi connectivity index (χ1v) is 15.8. The molecule has 0 fully saturated rings. The third-order valence-electron chi connectivity index (χ3n) is 7.39. The number of para-hydroxylation sites is 1. The zero-order valence-corrected chi connectivity index (χ0v) is 26.6. The lowest BCUT2D eigenvalue weighted by molar-refractivity contribution is 0.220. The Bertz CT molecular complexity index is 1560. The third-order valence-corrected chi connectivity index (χ3v) is 9.88. The Hall–Kier alpha value is -3.14. The lowest BCUT2D eigenvalue weighted by Crippen LogP contribution is -2.39. The van der Waals surface area contributed by atoms with Crippen molar-refractivity contribution in [3.05, 3.63) is 64.8 Å². The van der Waals surface area contributed by atoms with Gasteiger partial charge in [-0.3, -0.25) is 4.90 Å². The second-order valence-corrected chi connectivity index (χ2v) is 14.1. The van der Waals surface area contributed by atoms with Crippen LogP contribution in [0.5, 0.6) is 5.75 Å². The Morgan fingerprint density at radius 1 is 1.07 bits per heavy atom. The van der Waals surface area contributed by atoms with Crippen LogP contribution in [0.2, 0.25) is 5.02 Å². The van der Waals surface area contributed by atoms with Crippen molar-refractivity contribution in [3.63, 3.8) is 0 Å². The Balaban J connectivity index is 1.69. The number of benzene rings is 2. The van der Waals surface area contributed by atoms with Gasteiger partial charge in [-0.2, -0.15) is 4.98 Å². The molecule has 3 aromatic rings. The Morgan fingerprint density at radius 3 is 2.44 bits per heavy atom. The fraction of sp³-hybridized carbons (Fsp3) is 0.419. The van der Waals surface area contributed by atoms with Crippen LogP contribution in [0.3, 0.4) is 0 Å². The summed E-state index contributed by atoms with van der Waals surface area (Å²) in [5.41, 5.74) is 4.71. The summed E-state index contributed by atoms with van der Waals surface area (Å²) in [6.45, 7) is 13.8. The number of sulfone groups is 1. The number of nitrogens with zero attached hydrogens (tertiary/aromatic N) is 3. The minimum Gasteiger partial charge on any atom is -0.489 e. The van der Waals surface area contributed by atoms with E-state index in [4.69, 9.17) is 16.3 Å². The smallest absolute Gasteiger partial charge is 0.229 e. The summed E-state index contributed by atoms with van der Waals surface area (Å²) in [6.07, 6.45) is 4.72. The number of halogens is 1. The Morgan fingerprint density at radius 2 is 1.78 bits per heavy atom. The van der Waals surface area contributed by atoms with E-state index in [2.05, 4.69) is 71.5 Å². The van der Waals surface area contributed by atoms with Gasteiger partial charge in [0.25, 0.3) is 0 Å². The summed E-state index contributed by atoms with van der Waals surface area (Å²) in [4.78, 5) is 11.5. The number of aromatic nitrogens is 2. The van der Waals surface area contributed by atoms with Gasteiger partial charge < -0.3 is 15.4 Å². The molecule has 0 bridgehead atoms. The van der Waals surface area contributed by atoms with Crippen LogP contribution in [0, 0.1) is 6.92 Å². The minimum absolute atomic E-state index is 0.0433. The molecule has 2 aromatic carbocycles. The summed E-state index contributed by atoms with van der Waals surface area (Å²) in [5, 5.41) is 6.08. The largest absolute Gasteiger partial charge is 0.489 e. The summed E-state index contributed by atoms with van der Waals surface area (Å²) in [6, 6.07) is 11.6. The van der Waals surface area contributed by atoms with Crippen molar-refractivity contribution in [1.29, 1.82) is 0 Å². The van der Waals surface area contributed by atoms with Crippen LogP contribution >= 0.6 is 11.6 Å². The topological polar surface area (TPSA) is 96.5 Å². The standard InChI is InChI=1S/C31H40ClN5O3S/c1-18(2)40-28-16-24(23-14-21(6)37(8)22(7)15-23)20(5)13-27(28)35-31-33-17-25(32)30(36-31)34-26-11-9-10-12-29(26)41(38,39)19(3)4/h9-14,16-19,21-22H,15H2,1-8H3,(H2,33,34,35,36)/t21-,22-/m0/s1. The van der Waals surface area contributed by atoms with Crippen molar-refractivity contribution >= 4 is 50.2 Å². The number of anilines is 4. The summed E-state index contributed by atoms with van der Waals surface area (Å²) >= 11 is 6.45. The molecule has 2 N–H and O–H groups in total. The molecular formula is C31H40ClN5O3S. The molecule has 0 radical (unpaired) electrons. The van der Waals surface area contributed by atoms with E-state index >= 15 is 0 Å². The molecule has 2 heterocycles. The molecule has 1 aromatic heterocycles. The maximum absolute atomic E-state index is 12.9. The first kappa shape index (κ1) is 30.8. The molecule has 4 rings (SSSR count). The number of ether oxygens (including phenoxy) is 1. The maximum atomic E-state index is 12.9. The number of likely N-dealkylation sites (N-methyl/N-ethyl adjacent to an activating group) is 1. The molecule has 1 aliphatic heterocycles. The highest BCUT2D eigenvalue weighted by atomic mass is 35.5. The van der Waals surface area contributed by atoms with E-state index in [1.54, 1.807) is 38.1 Å². The Kier molecular flexibility index (Phi) is 9.31. The summed E-state index contributed by atoms with van der Waals surface area (Å²) < 4.78 is 32.1. The van der Waals surface area contributed by atoms with Crippen molar-refractivity contribution in [2.24, 2.45) is 0 Å². The van der Waals surface area contributed by atoms with Crippen LogP contribution in [-0.4, -0.2) is 53.8 Å². The van der Waals surface area contributed by atoms with E-state index < -0.39 is 15.1 Å². The van der Waals surface area contributed by atoms with Gasteiger partial charge >= 0.3 is 0 Å². The molecule has 0 amide bonds. The first-order chi connectivity index (χ1) is 19.3. The lowest BCUT2D eigenvalue weighted by atomic mass is 9.89. The molecule has 0 saturated carbocycles. The van der Waals surface area contributed by atoms with E-state index in [1.807, 2.05) is 13.8 Å². The van der Waals surface area contributed by atoms with Gasteiger partial charge in [0, 0.05) is 12.1 Å². The van der Waals surface area contributed by atoms with Crippen LogP contribution in [0.15, 0.2) is 53.6 Å². The molecule has 0 aliphatic carbocycles. The van der Waals surface area contributed by atoms with Gasteiger partial charge in [0.2, 0.25) is 5.95 Å². The number of hydrogen-bond acceptors (Lipinski definition) is 8. The zero-order chi connectivity index (χ0) is 30.1. The predicted octanol–water partition coefficient (Wildman–Crippen LogP) is 7.39. The molecule has 8 nitrogen and oxygen atoms in total. The lowest BCUT2D eigenvalue weighted by Gasteiger charge is -2.35. The van der Waals surface area contributed by atoms with Crippen LogP contribution < -0.4 is 15.4 Å². The van der Waals surface area contributed by atoms with Gasteiger partial charge in [0.1, 0.15) is 10.8 Å². The second kappa shape index (κ2) is 12.4. The third kappa shape index (κ3) is 6.85. The van der Waals surface area contributed by atoms with Gasteiger partial charge in [-0.1, -0.05) is 29.8 Å². The highest BCUT2D eigenvalue weighted by Gasteiger charge is 2.25. The van der Waals surface area contributed by atoms with Gasteiger partial charge in [-0.15, -0.1) is 0 Å². The SMILES string of the molecule is Cc1cc(Nc2ncc(Cl)c(Nc3ccccc3S(=O)(=O)C(C)C)n2)c(OC(C)C)cc1C1=C[C@H](C)N(C)[C@@H](C)C1. The van der Waals surface area contributed by atoms with Crippen molar-refractivity contribution < 1.29 is 13.2 Å². The van der Waals surface area contributed by atoms with Crippen LogP contribution in [0.1, 0.15) is 59.1 Å². The molecule has 0 spiro atoms. The monoisotopic (exact) mass is 597 g/mol. The molecule has 10 heteroatoms. The average molecular weight is 598 g/mol. The summed E-state index contributed by atoms with van der Waals surface area (Å²) in [5.74, 6) is 1.28. The quantitative estimate of drug-likeness (QED) is 0.263. The molecule has 0 saturated heterocycles. The number of hydrogen-bond donors (Lipinski definition) is 2. The van der Waals surface area contributed by atoms with E-state index in [9.17, 15) is 8.42 Å². The zero-order valence-electron chi connectivity index (χ0n) is 25.0. The fourth-order valence-electron chi connectivity index (χ4n) is 4.86. The van der Waals surface area contributed by atoms with E-state index in [0.29, 0.717) is 29.5 Å². The van der Waals surface area contributed by atoms with Crippen LogP contribution in [0.4, 0.5) is 23.1 Å². The van der Waals surface area contributed by atoms with Crippen molar-refractivity contribution in [3.8, 4) is 5.75 Å². The first-order valence-electron chi connectivity index (χ1n) is 13.9. The number of rotatable bonds is 9. The van der Waals surface area contributed by atoms with Gasteiger partial charge in [0.15, 0.2) is 15.7 Å². The highest BCUT2D eigenvalue weighted by molar-refractivity contribution is 7.92. The van der Waals surface area contributed by atoms with Gasteiger partial charge in [-0.05, 0) is 103 Å². The van der Waals surface area contributed by atoms with Crippen molar-refractivity contribution in [2.75, 3.05) is 17.7 Å². The molecular weight excluding hydrogens is 558 g/mol. The number of aryl methyl sites for hydroxylation is 1. The number of nitrogens with one attached hydrogen (secondary N) is 2. The van der Waals surface area contributed by atoms with E-state index in [1.165, 1.54) is 17.3 Å². The second-order valence-electron chi connectivity index (χ2n) is 11.2. The van der Waals surface area contributed by atoms with E-state index in [-0.39, 0.29) is 21.8 Å². The van der Waals surface area contributed by atoms with E-state index in [0.717, 1.165) is 17.7 Å². The van der Waals surface area contributed by atoms with Gasteiger partial charge in [0.05, 0.1) is 33.8 Å². The predicted molar refractivity (Wildman–Crippen MR) is 169 cm³/mol. The molecule has 220 valence electrons. The molecule has 41 heavy (non-hydrogen) atoms. The summed E-state index contributed by atoms with van der Waals surface area (Å²) in [7, 11) is -1.37. The molecule has 1 aliphatic rings. The van der Waals surface area contributed by atoms with Crippen molar-refractivity contribution in [1.82, 2.24) is 14.9 Å². The van der Waals surface area contributed by atoms with Gasteiger partial charge in [-0.25, -0.2) is 13.4 Å².